The fourth-order valence-electron chi connectivity index (χ4n) is 1.82. The molecule has 0 heterocycles. The minimum Gasteiger partial charge on any atom is -0.497 e. The second-order valence-electron chi connectivity index (χ2n) is 4.90. The highest BCUT2D eigenvalue weighted by Crippen LogP contribution is 2.22. The first-order chi connectivity index (χ1) is 12.5. The number of hydrazine groups is 1. The van der Waals surface area contributed by atoms with E-state index in [-0.39, 0.29) is 11.7 Å². The number of halogens is 1. The molecule has 0 radical (unpaired) electrons. The third kappa shape index (κ3) is 5.91. The van der Waals surface area contributed by atoms with Gasteiger partial charge in [0, 0.05) is 5.56 Å². The summed E-state index contributed by atoms with van der Waals surface area (Å²) in [4.78, 5) is 23.7. The van der Waals surface area contributed by atoms with Crippen LogP contribution in [-0.4, -0.2) is 30.6 Å². The highest BCUT2D eigenvalue weighted by molar-refractivity contribution is 7.80. The summed E-state index contributed by atoms with van der Waals surface area (Å²) in [5.74, 6) is 0.102. The number of carbonyl (C=O) groups is 2. The Kier molecular flexibility index (Phi) is 7.19. The number of amides is 2. The minimum atomic E-state index is -0.494. The molecule has 26 heavy (non-hydrogen) atoms. The van der Waals surface area contributed by atoms with Gasteiger partial charge in [0.2, 0.25) is 0 Å². The Bertz CT molecular complexity index is 799. The van der Waals surface area contributed by atoms with Crippen molar-refractivity contribution >= 4 is 40.7 Å². The smallest absolute Gasteiger partial charge is 0.276 e. The van der Waals surface area contributed by atoms with E-state index < -0.39 is 11.8 Å². The van der Waals surface area contributed by atoms with Crippen LogP contribution in [0.4, 0.5) is 0 Å². The first-order valence-electron chi connectivity index (χ1n) is 7.41. The highest BCUT2D eigenvalue weighted by atomic mass is 35.5. The monoisotopic (exact) mass is 393 g/mol. The van der Waals surface area contributed by atoms with Gasteiger partial charge in [-0.25, -0.2) is 0 Å². The van der Waals surface area contributed by atoms with Crippen molar-refractivity contribution < 1.29 is 19.1 Å². The van der Waals surface area contributed by atoms with Crippen LogP contribution in [0, 0.1) is 0 Å². The predicted molar refractivity (Wildman–Crippen MR) is 101 cm³/mol. The molecule has 0 aliphatic rings. The number of carbonyl (C=O) groups excluding carboxylic acids is 2. The third-order valence-corrected chi connectivity index (χ3v) is 3.61. The summed E-state index contributed by atoms with van der Waals surface area (Å²) in [6.45, 7) is -0.272. The van der Waals surface area contributed by atoms with E-state index in [4.69, 9.17) is 33.3 Å². The van der Waals surface area contributed by atoms with Crippen LogP contribution in [-0.2, 0) is 4.79 Å². The Hall–Kier alpha value is -2.84. The number of rotatable bonds is 5. The van der Waals surface area contributed by atoms with E-state index in [2.05, 4.69) is 16.2 Å². The molecule has 0 aliphatic carbocycles. The van der Waals surface area contributed by atoms with Gasteiger partial charge >= 0.3 is 0 Å². The zero-order valence-electron chi connectivity index (χ0n) is 13.7. The van der Waals surface area contributed by atoms with Crippen LogP contribution in [0.25, 0.3) is 0 Å². The van der Waals surface area contributed by atoms with Gasteiger partial charge in [0.25, 0.3) is 11.8 Å². The molecule has 2 rings (SSSR count). The molecule has 0 aliphatic heterocycles. The van der Waals surface area contributed by atoms with Crippen molar-refractivity contribution in [1.29, 1.82) is 0 Å². The largest absolute Gasteiger partial charge is 0.497 e. The van der Waals surface area contributed by atoms with Gasteiger partial charge in [-0.15, -0.1) is 0 Å². The van der Waals surface area contributed by atoms with Crippen LogP contribution >= 0.6 is 23.8 Å². The van der Waals surface area contributed by atoms with E-state index in [1.165, 1.54) is 7.11 Å². The normalized spacial score (nSPS) is 9.77. The van der Waals surface area contributed by atoms with Crippen LogP contribution in [0.1, 0.15) is 10.4 Å². The van der Waals surface area contributed by atoms with E-state index in [0.717, 1.165) is 0 Å². The van der Waals surface area contributed by atoms with Crippen molar-refractivity contribution in [3.8, 4) is 11.5 Å². The Morgan fingerprint density at radius 1 is 1.08 bits per heavy atom. The van der Waals surface area contributed by atoms with Gasteiger partial charge in [0.05, 0.1) is 12.1 Å². The molecule has 0 saturated carbocycles. The number of ether oxygens (including phenoxy) is 2. The van der Waals surface area contributed by atoms with Crippen LogP contribution in [0.15, 0.2) is 48.5 Å². The Labute approximate surface area is 160 Å². The Morgan fingerprint density at radius 3 is 2.42 bits per heavy atom. The van der Waals surface area contributed by atoms with Gasteiger partial charge in [-0.2, -0.15) is 0 Å². The van der Waals surface area contributed by atoms with Gasteiger partial charge in [0.15, 0.2) is 11.7 Å². The lowest BCUT2D eigenvalue weighted by atomic mass is 10.2. The molecule has 0 unspecified atom stereocenters. The van der Waals surface area contributed by atoms with E-state index in [1.54, 1.807) is 48.5 Å². The van der Waals surface area contributed by atoms with E-state index >= 15 is 0 Å². The molecule has 0 atom stereocenters. The summed E-state index contributed by atoms with van der Waals surface area (Å²) in [5, 5.41) is 2.78. The maximum Gasteiger partial charge on any atom is 0.276 e. The number of nitrogens with one attached hydrogen (secondary N) is 3. The summed E-state index contributed by atoms with van der Waals surface area (Å²) in [6.07, 6.45) is 0. The molecule has 9 heteroatoms. The second kappa shape index (κ2) is 9.59. The summed E-state index contributed by atoms with van der Waals surface area (Å²) >= 11 is 10.9. The number of hydrogen-bond donors (Lipinski definition) is 3. The lowest BCUT2D eigenvalue weighted by molar-refractivity contribution is -0.123. The average molecular weight is 394 g/mol. The molecule has 0 aromatic heterocycles. The van der Waals surface area contributed by atoms with Gasteiger partial charge in [-0.3, -0.25) is 25.8 Å². The van der Waals surface area contributed by atoms with E-state index in [0.29, 0.717) is 22.1 Å². The number of para-hydroxylation sites is 1. The quantitative estimate of drug-likeness (QED) is 0.532. The fourth-order valence-corrected chi connectivity index (χ4v) is 2.15. The molecule has 0 bridgehead atoms. The lowest BCUT2D eigenvalue weighted by Crippen LogP contribution is -2.49. The highest BCUT2D eigenvalue weighted by Gasteiger charge is 2.09. The molecule has 0 saturated heterocycles. The van der Waals surface area contributed by atoms with Crippen molar-refractivity contribution in [1.82, 2.24) is 16.2 Å². The Morgan fingerprint density at radius 2 is 1.77 bits per heavy atom. The van der Waals surface area contributed by atoms with Crippen molar-refractivity contribution in [3.05, 3.63) is 59.1 Å². The van der Waals surface area contributed by atoms with Crippen LogP contribution in [0.2, 0.25) is 5.02 Å². The topological polar surface area (TPSA) is 88.7 Å². The molecule has 3 N–H and O–H groups in total. The SMILES string of the molecule is COc1ccc(C(=O)NC(=S)NNC(=O)COc2ccccc2Cl)cc1. The van der Waals surface area contributed by atoms with Crippen molar-refractivity contribution in [2.75, 3.05) is 13.7 Å². The summed E-state index contributed by atoms with van der Waals surface area (Å²) in [7, 11) is 1.53. The summed E-state index contributed by atoms with van der Waals surface area (Å²) in [6, 6.07) is 13.3. The number of methoxy groups -OCH3 is 1. The minimum absolute atomic E-state index is 0.0584. The molecular formula is C17H16ClN3O4S. The predicted octanol–water partition coefficient (Wildman–Crippen LogP) is 2.06. The van der Waals surface area contributed by atoms with Crippen LogP contribution in [0.3, 0.4) is 0 Å². The molecular weight excluding hydrogens is 378 g/mol. The van der Waals surface area contributed by atoms with Crippen LogP contribution < -0.4 is 25.6 Å². The number of hydrogen-bond acceptors (Lipinski definition) is 5. The van der Waals surface area contributed by atoms with E-state index in [9.17, 15) is 9.59 Å². The lowest BCUT2D eigenvalue weighted by Gasteiger charge is -2.12. The molecule has 2 amide bonds. The fraction of sp³-hybridized carbons (Fsp3) is 0.118. The number of benzene rings is 2. The standard InChI is InChI=1S/C17H16ClN3O4S/c1-24-12-8-6-11(7-9-12)16(23)19-17(26)21-20-15(22)10-25-14-5-3-2-4-13(14)18/h2-9H,10H2,1H3,(H,20,22)(H2,19,21,23,26). The second-order valence-corrected chi connectivity index (χ2v) is 5.72. The molecule has 2 aromatic rings. The zero-order chi connectivity index (χ0) is 18.9. The third-order valence-electron chi connectivity index (χ3n) is 3.09. The van der Waals surface area contributed by atoms with Crippen molar-refractivity contribution in [2.45, 2.75) is 0 Å². The van der Waals surface area contributed by atoms with E-state index in [1.807, 2.05) is 0 Å². The first-order valence-corrected chi connectivity index (χ1v) is 8.20. The summed E-state index contributed by atoms with van der Waals surface area (Å²) < 4.78 is 10.3. The molecule has 7 nitrogen and oxygen atoms in total. The molecule has 136 valence electrons. The summed E-state index contributed by atoms with van der Waals surface area (Å²) in [5.41, 5.74) is 5.13. The van der Waals surface area contributed by atoms with Crippen molar-refractivity contribution in [3.63, 3.8) is 0 Å². The first kappa shape index (κ1) is 19.5. The Balaban J connectivity index is 1.74. The molecule has 0 spiro atoms. The van der Waals surface area contributed by atoms with Gasteiger partial charge in [-0.1, -0.05) is 23.7 Å². The van der Waals surface area contributed by atoms with Gasteiger partial charge < -0.3 is 9.47 Å². The van der Waals surface area contributed by atoms with Crippen molar-refractivity contribution in [2.24, 2.45) is 0 Å². The average Bonchev–Trinajstić information content (AvgIpc) is 2.65. The molecule has 2 aromatic carbocycles. The molecule has 0 fully saturated rings. The van der Waals surface area contributed by atoms with Gasteiger partial charge in [-0.05, 0) is 48.6 Å². The maximum absolute atomic E-state index is 12.0. The van der Waals surface area contributed by atoms with Crippen LogP contribution in [0.5, 0.6) is 11.5 Å². The zero-order valence-corrected chi connectivity index (χ0v) is 15.3. The number of thiocarbonyl (C=S) groups is 1. The maximum atomic E-state index is 12.0. The van der Waals surface area contributed by atoms with Gasteiger partial charge in [0.1, 0.15) is 11.5 Å².